The Labute approximate surface area is 130 Å². The second-order valence-corrected chi connectivity index (χ2v) is 6.53. The second-order valence-electron chi connectivity index (χ2n) is 4.85. The quantitative estimate of drug-likeness (QED) is 0.836. The monoisotopic (exact) mass is 345 g/mol. The molecule has 0 aliphatic rings. The number of furan rings is 1. The molecule has 0 saturated heterocycles. The number of carboxylic acid groups (broad SMARTS) is 1. The highest BCUT2D eigenvalue weighted by Gasteiger charge is 2.27. The van der Waals surface area contributed by atoms with Crippen LogP contribution in [0.3, 0.4) is 0 Å². The van der Waals surface area contributed by atoms with E-state index in [-0.39, 0.29) is 12.0 Å². The Morgan fingerprint density at radius 3 is 2.48 bits per heavy atom. The van der Waals surface area contributed by atoms with E-state index in [1.807, 2.05) is 0 Å². The number of nitrogens with one attached hydrogen (secondary N) is 1. The van der Waals surface area contributed by atoms with Crippen LogP contribution in [-0.2, 0) is 16.4 Å². The molecular weight excluding hydrogens is 332 g/mol. The standard InChI is InChI=1S/C14H13F2NO5S/c1-8(7-9-10(15)3-2-4-11(9)16)17-23(20,21)12-5-6-22-13(12)14(18)19/h2-6,8,17H,7H2,1H3,(H,18,19). The zero-order chi connectivity index (χ0) is 17.2. The summed E-state index contributed by atoms with van der Waals surface area (Å²) in [6.07, 6.45) is 0.692. The highest BCUT2D eigenvalue weighted by atomic mass is 32.2. The van der Waals surface area contributed by atoms with E-state index in [0.29, 0.717) is 0 Å². The number of aromatic carboxylic acids is 1. The summed E-state index contributed by atoms with van der Waals surface area (Å²) in [4.78, 5) is 10.4. The molecule has 0 bridgehead atoms. The molecule has 9 heteroatoms. The maximum absolute atomic E-state index is 13.6. The number of carboxylic acids is 1. The first kappa shape index (κ1) is 17.1. The minimum Gasteiger partial charge on any atom is -0.475 e. The molecule has 2 aromatic rings. The third-order valence-corrected chi connectivity index (χ3v) is 4.65. The van der Waals surface area contributed by atoms with Crippen molar-refractivity contribution in [2.45, 2.75) is 24.3 Å². The molecule has 1 heterocycles. The van der Waals surface area contributed by atoms with E-state index in [0.717, 1.165) is 24.5 Å². The van der Waals surface area contributed by atoms with Gasteiger partial charge < -0.3 is 9.52 Å². The lowest BCUT2D eigenvalue weighted by molar-refractivity contribution is 0.0656. The van der Waals surface area contributed by atoms with Gasteiger partial charge in [-0.3, -0.25) is 0 Å². The fourth-order valence-corrected chi connectivity index (χ4v) is 3.42. The van der Waals surface area contributed by atoms with Crippen molar-refractivity contribution >= 4 is 16.0 Å². The summed E-state index contributed by atoms with van der Waals surface area (Å²) in [6.45, 7) is 1.41. The molecule has 0 spiro atoms. The number of hydrogen-bond donors (Lipinski definition) is 2. The molecule has 1 atom stereocenters. The Bertz CT molecular complexity index is 811. The zero-order valence-corrected chi connectivity index (χ0v) is 12.7. The molecular formula is C14H13F2NO5S. The predicted octanol–water partition coefficient (Wildman–Crippen LogP) is 2.17. The van der Waals surface area contributed by atoms with Gasteiger partial charge in [0.25, 0.3) is 0 Å². The lowest BCUT2D eigenvalue weighted by atomic mass is 10.1. The summed E-state index contributed by atoms with van der Waals surface area (Å²) in [5.74, 6) is -3.85. The molecule has 1 aromatic carbocycles. The van der Waals surface area contributed by atoms with Crippen LogP contribution in [-0.4, -0.2) is 25.5 Å². The summed E-state index contributed by atoms with van der Waals surface area (Å²) in [7, 11) is -4.21. The third kappa shape index (κ3) is 3.74. The van der Waals surface area contributed by atoms with E-state index in [1.54, 1.807) is 0 Å². The number of carbonyl (C=O) groups is 1. The average Bonchev–Trinajstić information content (AvgIpc) is 2.93. The molecule has 6 nitrogen and oxygen atoms in total. The van der Waals surface area contributed by atoms with E-state index in [2.05, 4.69) is 9.14 Å². The van der Waals surface area contributed by atoms with Crippen LogP contribution < -0.4 is 4.72 Å². The lowest BCUT2D eigenvalue weighted by Crippen LogP contribution is -2.35. The van der Waals surface area contributed by atoms with E-state index in [9.17, 15) is 22.0 Å². The normalized spacial score (nSPS) is 13.0. The van der Waals surface area contributed by atoms with Crippen LogP contribution >= 0.6 is 0 Å². The van der Waals surface area contributed by atoms with Gasteiger partial charge >= 0.3 is 5.97 Å². The van der Waals surface area contributed by atoms with E-state index < -0.39 is 44.3 Å². The van der Waals surface area contributed by atoms with Crippen molar-refractivity contribution < 1.29 is 31.5 Å². The van der Waals surface area contributed by atoms with Crippen LogP contribution in [0.1, 0.15) is 23.0 Å². The molecule has 1 aromatic heterocycles. The molecule has 0 radical (unpaired) electrons. The summed E-state index contributed by atoms with van der Waals surface area (Å²) in [6, 6.07) is 3.45. The highest BCUT2D eigenvalue weighted by molar-refractivity contribution is 7.89. The van der Waals surface area contributed by atoms with Crippen molar-refractivity contribution in [2.24, 2.45) is 0 Å². The first-order valence-corrected chi connectivity index (χ1v) is 7.96. The highest BCUT2D eigenvalue weighted by Crippen LogP contribution is 2.19. The Hall–Kier alpha value is -2.26. The lowest BCUT2D eigenvalue weighted by Gasteiger charge is -2.14. The first-order chi connectivity index (χ1) is 10.7. The summed E-state index contributed by atoms with van der Waals surface area (Å²) in [5, 5.41) is 8.87. The van der Waals surface area contributed by atoms with Crippen LogP contribution in [0.5, 0.6) is 0 Å². The largest absolute Gasteiger partial charge is 0.475 e. The number of hydrogen-bond acceptors (Lipinski definition) is 4. The summed E-state index contributed by atoms with van der Waals surface area (Å²) >= 11 is 0. The SMILES string of the molecule is CC(Cc1c(F)cccc1F)NS(=O)(=O)c1ccoc1C(=O)O. The maximum atomic E-state index is 13.6. The van der Waals surface area contributed by atoms with Gasteiger partial charge in [0.1, 0.15) is 16.5 Å². The van der Waals surface area contributed by atoms with Crippen LogP contribution in [0.4, 0.5) is 8.78 Å². The fourth-order valence-electron chi connectivity index (χ4n) is 2.07. The fraction of sp³-hybridized carbons (Fsp3) is 0.214. The number of halogens is 2. The van der Waals surface area contributed by atoms with Crippen LogP contribution in [0.25, 0.3) is 0 Å². The maximum Gasteiger partial charge on any atom is 0.373 e. The second kappa shape index (κ2) is 6.47. The van der Waals surface area contributed by atoms with Gasteiger partial charge in [0.2, 0.25) is 15.8 Å². The van der Waals surface area contributed by atoms with Gasteiger partial charge in [-0.05, 0) is 31.5 Å². The van der Waals surface area contributed by atoms with Crippen LogP contribution in [0, 0.1) is 11.6 Å². The molecule has 2 rings (SSSR count). The molecule has 1 unspecified atom stereocenters. The Kier molecular flexibility index (Phi) is 4.81. The van der Waals surface area contributed by atoms with Crippen molar-refractivity contribution in [3.8, 4) is 0 Å². The number of sulfonamides is 1. The van der Waals surface area contributed by atoms with Crippen molar-refractivity contribution in [3.05, 3.63) is 53.5 Å². The molecule has 2 N–H and O–H groups in total. The van der Waals surface area contributed by atoms with Crippen LogP contribution in [0.2, 0.25) is 0 Å². The minimum atomic E-state index is -4.21. The summed E-state index contributed by atoms with van der Waals surface area (Å²) < 4.78 is 58.3. The molecule has 23 heavy (non-hydrogen) atoms. The van der Waals surface area contributed by atoms with Gasteiger partial charge in [-0.2, -0.15) is 0 Å². The summed E-state index contributed by atoms with van der Waals surface area (Å²) in [5.41, 5.74) is -0.256. The Morgan fingerprint density at radius 1 is 1.30 bits per heavy atom. The Morgan fingerprint density at radius 2 is 1.91 bits per heavy atom. The number of rotatable bonds is 6. The van der Waals surface area contributed by atoms with Gasteiger partial charge in [-0.25, -0.2) is 26.7 Å². The van der Waals surface area contributed by atoms with Gasteiger partial charge in [-0.1, -0.05) is 6.07 Å². The van der Waals surface area contributed by atoms with Crippen molar-refractivity contribution in [2.75, 3.05) is 0 Å². The minimum absolute atomic E-state index is 0.238. The van der Waals surface area contributed by atoms with Crippen LogP contribution in [0.15, 0.2) is 39.8 Å². The van der Waals surface area contributed by atoms with Gasteiger partial charge in [0, 0.05) is 11.6 Å². The first-order valence-electron chi connectivity index (χ1n) is 6.48. The topological polar surface area (TPSA) is 96.6 Å². The predicted molar refractivity (Wildman–Crippen MR) is 75.5 cm³/mol. The van der Waals surface area contributed by atoms with Gasteiger partial charge in [0.15, 0.2) is 0 Å². The van der Waals surface area contributed by atoms with Crippen molar-refractivity contribution in [1.82, 2.24) is 4.72 Å². The van der Waals surface area contributed by atoms with Gasteiger partial charge in [0.05, 0.1) is 6.26 Å². The molecule has 124 valence electrons. The number of benzene rings is 1. The average molecular weight is 345 g/mol. The molecule has 0 amide bonds. The molecule has 0 fully saturated rings. The molecule has 0 saturated carbocycles. The third-order valence-electron chi connectivity index (χ3n) is 3.04. The molecule has 0 aliphatic carbocycles. The van der Waals surface area contributed by atoms with Crippen molar-refractivity contribution in [3.63, 3.8) is 0 Å². The smallest absolute Gasteiger partial charge is 0.373 e. The van der Waals surface area contributed by atoms with E-state index >= 15 is 0 Å². The Balaban J connectivity index is 2.20. The van der Waals surface area contributed by atoms with Gasteiger partial charge in [-0.15, -0.1) is 0 Å². The molecule has 0 aliphatic heterocycles. The van der Waals surface area contributed by atoms with Crippen molar-refractivity contribution in [1.29, 1.82) is 0 Å². The van der Waals surface area contributed by atoms with E-state index in [4.69, 9.17) is 5.11 Å². The zero-order valence-electron chi connectivity index (χ0n) is 11.9. The van der Waals surface area contributed by atoms with E-state index in [1.165, 1.54) is 13.0 Å².